The fourth-order valence-electron chi connectivity index (χ4n) is 4.02. The van der Waals surface area contributed by atoms with E-state index in [1.165, 1.54) is 18.3 Å². The van der Waals surface area contributed by atoms with Crippen LogP contribution in [0.2, 0.25) is 0 Å². The summed E-state index contributed by atoms with van der Waals surface area (Å²) in [6.07, 6.45) is 8.16. The van der Waals surface area contributed by atoms with Gasteiger partial charge in [0.1, 0.15) is 11.6 Å². The van der Waals surface area contributed by atoms with Gasteiger partial charge in [-0.05, 0) is 68.4 Å². The van der Waals surface area contributed by atoms with Gasteiger partial charge in [-0.1, -0.05) is 31.7 Å². The number of aryl methyl sites for hydroxylation is 1. The Bertz CT molecular complexity index is 1100. The first-order chi connectivity index (χ1) is 15.9. The van der Waals surface area contributed by atoms with Crippen LogP contribution in [-0.4, -0.2) is 23.7 Å². The van der Waals surface area contributed by atoms with Crippen LogP contribution < -0.4 is 5.32 Å². The molecule has 0 bridgehead atoms. The molecule has 0 amide bonds. The molecule has 33 heavy (non-hydrogen) atoms. The molecule has 3 rings (SSSR count). The molecule has 0 unspecified atom stereocenters. The molecule has 2 aromatic carbocycles. The summed E-state index contributed by atoms with van der Waals surface area (Å²) in [6, 6.07) is 8.44. The minimum atomic E-state index is -0.572. The van der Waals surface area contributed by atoms with Crippen LogP contribution in [-0.2, 0) is 6.42 Å². The Morgan fingerprint density at radius 2 is 1.88 bits per heavy atom. The number of nitrogens with one attached hydrogen (secondary N) is 3. The molecule has 0 saturated heterocycles. The third-order valence-corrected chi connectivity index (χ3v) is 5.98. The van der Waals surface area contributed by atoms with Crippen LogP contribution in [0.1, 0.15) is 43.7 Å². The van der Waals surface area contributed by atoms with Gasteiger partial charge in [-0.25, -0.2) is 13.8 Å². The molecule has 6 heteroatoms. The summed E-state index contributed by atoms with van der Waals surface area (Å²) in [4.78, 5) is 4.76. The molecule has 0 aromatic heterocycles. The molecule has 4 nitrogen and oxygen atoms in total. The van der Waals surface area contributed by atoms with Gasteiger partial charge < -0.3 is 16.1 Å². The third-order valence-electron chi connectivity index (χ3n) is 5.98. The number of hydrogen-bond acceptors (Lipinski definition) is 4. The normalized spacial score (nSPS) is 17.1. The number of hydrogen-bond donors (Lipinski definition) is 3. The fourth-order valence-corrected chi connectivity index (χ4v) is 4.02. The lowest BCUT2D eigenvalue weighted by Gasteiger charge is -2.23. The van der Waals surface area contributed by atoms with E-state index < -0.39 is 11.6 Å². The van der Waals surface area contributed by atoms with Crippen molar-refractivity contribution in [1.29, 1.82) is 10.8 Å². The average molecular weight is 449 g/mol. The average Bonchev–Trinajstić information content (AvgIpc) is 2.80. The van der Waals surface area contributed by atoms with Crippen molar-refractivity contribution in [3.05, 3.63) is 77.5 Å². The lowest BCUT2D eigenvalue weighted by Crippen LogP contribution is -2.30. The predicted octanol–water partition coefficient (Wildman–Crippen LogP) is 6.85. The van der Waals surface area contributed by atoms with Gasteiger partial charge in [0.25, 0.3) is 0 Å². The fraction of sp³-hybridized carbons (Fsp3) is 0.296. The Kier molecular flexibility index (Phi) is 8.04. The Morgan fingerprint density at radius 1 is 1.21 bits per heavy atom. The standard InChI is InChI=1S/C27H30F2N4/c1-4-22-24(28)13-18(14-25(22)29)23-8-6-7-17(3)27(23)33-26(5-2)19(15-30)16-32-21-11-9-20(31)10-12-21/h5-8,13-16,21,30-32H,2,4,9-12H2,1,3H3/b19-16+,30-15?,31-20?,33-26+. The molecular weight excluding hydrogens is 418 g/mol. The summed E-state index contributed by atoms with van der Waals surface area (Å²) in [6.45, 7) is 7.47. The Morgan fingerprint density at radius 3 is 2.45 bits per heavy atom. The summed E-state index contributed by atoms with van der Waals surface area (Å²) in [5, 5.41) is 19.0. The van der Waals surface area contributed by atoms with Gasteiger partial charge in [-0.3, -0.25) is 0 Å². The molecule has 0 heterocycles. The second kappa shape index (κ2) is 10.9. The van der Waals surface area contributed by atoms with Gasteiger partial charge in [0, 0.05) is 40.9 Å². The number of allylic oxidation sites excluding steroid dienone is 2. The number of aliphatic imine (C=N–C) groups is 1. The smallest absolute Gasteiger partial charge is 0.129 e. The minimum absolute atomic E-state index is 0.0705. The van der Waals surface area contributed by atoms with E-state index in [0.29, 0.717) is 28.1 Å². The van der Waals surface area contributed by atoms with Gasteiger partial charge in [-0.2, -0.15) is 0 Å². The number of halogens is 2. The van der Waals surface area contributed by atoms with Gasteiger partial charge in [0.2, 0.25) is 0 Å². The summed E-state index contributed by atoms with van der Waals surface area (Å²) < 4.78 is 29.0. The van der Waals surface area contributed by atoms with Crippen LogP contribution in [0, 0.1) is 29.4 Å². The lowest BCUT2D eigenvalue weighted by molar-refractivity contribution is 0.496. The zero-order chi connectivity index (χ0) is 24.0. The number of rotatable bonds is 8. The molecule has 0 aliphatic heterocycles. The van der Waals surface area contributed by atoms with E-state index in [9.17, 15) is 8.78 Å². The van der Waals surface area contributed by atoms with Gasteiger partial charge in [0.15, 0.2) is 0 Å². The molecule has 172 valence electrons. The summed E-state index contributed by atoms with van der Waals surface area (Å²) in [5.41, 5.74) is 4.34. The van der Waals surface area contributed by atoms with Crippen LogP contribution in [0.25, 0.3) is 11.1 Å². The quantitative estimate of drug-likeness (QED) is 0.380. The van der Waals surface area contributed by atoms with Crippen molar-refractivity contribution in [3.8, 4) is 11.1 Å². The van der Waals surface area contributed by atoms with E-state index in [1.807, 2.05) is 19.1 Å². The molecule has 1 aliphatic rings. The summed E-state index contributed by atoms with van der Waals surface area (Å²) >= 11 is 0. The molecule has 1 saturated carbocycles. The van der Waals surface area contributed by atoms with E-state index >= 15 is 0 Å². The number of nitrogens with zero attached hydrogens (tertiary/aromatic N) is 1. The van der Waals surface area contributed by atoms with Crippen LogP contribution >= 0.6 is 0 Å². The summed E-state index contributed by atoms with van der Waals surface area (Å²) in [5.74, 6) is -1.14. The van der Waals surface area contributed by atoms with Gasteiger partial charge in [-0.15, -0.1) is 0 Å². The van der Waals surface area contributed by atoms with Crippen LogP contribution in [0.3, 0.4) is 0 Å². The van der Waals surface area contributed by atoms with Crippen LogP contribution in [0.15, 0.2) is 59.8 Å². The highest BCUT2D eigenvalue weighted by molar-refractivity contribution is 6.21. The van der Waals surface area contributed by atoms with E-state index in [2.05, 4.69) is 11.9 Å². The zero-order valence-corrected chi connectivity index (χ0v) is 19.1. The van der Waals surface area contributed by atoms with E-state index in [1.54, 1.807) is 25.3 Å². The maximum atomic E-state index is 14.5. The van der Waals surface area contributed by atoms with Gasteiger partial charge in [0.05, 0.1) is 11.4 Å². The van der Waals surface area contributed by atoms with Gasteiger partial charge >= 0.3 is 0 Å². The molecular formula is C27H30F2N4. The Hall–Kier alpha value is -3.41. The molecule has 3 N–H and O–H groups in total. The molecule has 0 atom stereocenters. The second-order valence-electron chi connectivity index (χ2n) is 8.23. The number of benzene rings is 2. The predicted molar refractivity (Wildman–Crippen MR) is 133 cm³/mol. The first-order valence-electron chi connectivity index (χ1n) is 11.2. The van der Waals surface area contributed by atoms with Crippen molar-refractivity contribution in [1.82, 2.24) is 5.32 Å². The Labute approximate surface area is 194 Å². The maximum Gasteiger partial charge on any atom is 0.129 e. The van der Waals surface area contributed by atoms with E-state index in [4.69, 9.17) is 15.8 Å². The number of para-hydroxylation sites is 1. The highest BCUT2D eigenvalue weighted by Gasteiger charge is 2.17. The van der Waals surface area contributed by atoms with Crippen molar-refractivity contribution < 1.29 is 8.78 Å². The molecule has 0 spiro atoms. The lowest BCUT2D eigenvalue weighted by atomic mass is 9.94. The first kappa shape index (κ1) is 24.2. The van der Waals surface area contributed by atoms with E-state index in [0.717, 1.165) is 37.0 Å². The molecule has 1 fully saturated rings. The minimum Gasteiger partial charge on any atom is -0.388 e. The highest BCUT2D eigenvalue weighted by Crippen LogP contribution is 2.35. The second-order valence-corrected chi connectivity index (χ2v) is 8.23. The first-order valence-corrected chi connectivity index (χ1v) is 11.2. The molecule has 2 aromatic rings. The Balaban J connectivity index is 2.00. The topological polar surface area (TPSA) is 72.1 Å². The van der Waals surface area contributed by atoms with Crippen molar-refractivity contribution >= 4 is 23.3 Å². The van der Waals surface area contributed by atoms with Crippen LogP contribution in [0.5, 0.6) is 0 Å². The SMILES string of the molecule is C=CC(=N\c1c(C)cccc1-c1cc(F)c(CC)c(F)c1)/C(C=N)=C/NC1CCC(=N)CC1. The maximum absolute atomic E-state index is 14.5. The van der Waals surface area contributed by atoms with Crippen molar-refractivity contribution in [2.75, 3.05) is 0 Å². The zero-order valence-electron chi connectivity index (χ0n) is 19.1. The molecule has 1 aliphatic carbocycles. The largest absolute Gasteiger partial charge is 0.388 e. The van der Waals surface area contributed by atoms with E-state index in [-0.39, 0.29) is 18.0 Å². The van der Waals surface area contributed by atoms with Crippen molar-refractivity contribution in [3.63, 3.8) is 0 Å². The highest BCUT2D eigenvalue weighted by atomic mass is 19.1. The third kappa shape index (κ3) is 5.69. The monoisotopic (exact) mass is 448 g/mol. The van der Waals surface area contributed by atoms with Crippen LogP contribution in [0.4, 0.5) is 14.5 Å². The van der Waals surface area contributed by atoms with Crippen molar-refractivity contribution in [2.24, 2.45) is 4.99 Å². The summed E-state index contributed by atoms with van der Waals surface area (Å²) in [7, 11) is 0. The van der Waals surface area contributed by atoms with Crippen molar-refractivity contribution in [2.45, 2.75) is 52.0 Å². The molecule has 0 radical (unpaired) electrons.